The molecule has 2 aromatic rings. The van der Waals surface area contributed by atoms with E-state index in [0.29, 0.717) is 19.0 Å². The fourth-order valence-corrected chi connectivity index (χ4v) is 2.90. The standard InChI is InChI=1S/C18H17F2NO/c1-12-3-2-4-13(5-12)6-14-10-21(11-14)18(22)15-7-16(19)9-17(20)8-15/h2-5,7-9,14H,6,10-11H2,1H3. The van der Waals surface area contributed by atoms with Gasteiger partial charge < -0.3 is 4.90 Å². The number of carbonyl (C=O) groups is 1. The SMILES string of the molecule is Cc1cccc(CC2CN(C(=O)c3cc(F)cc(F)c3)C2)c1. The Kier molecular flexibility index (Phi) is 3.92. The average Bonchev–Trinajstić information content (AvgIpc) is 2.40. The van der Waals surface area contributed by atoms with E-state index in [-0.39, 0.29) is 11.5 Å². The molecule has 0 saturated carbocycles. The van der Waals surface area contributed by atoms with Gasteiger partial charge >= 0.3 is 0 Å². The molecule has 0 bridgehead atoms. The number of carbonyl (C=O) groups excluding carboxylic acids is 1. The third-order valence-electron chi connectivity index (χ3n) is 3.96. The van der Waals surface area contributed by atoms with Crippen LogP contribution >= 0.6 is 0 Å². The monoisotopic (exact) mass is 301 g/mol. The number of aryl methyl sites for hydroxylation is 1. The summed E-state index contributed by atoms with van der Waals surface area (Å²) in [7, 11) is 0. The van der Waals surface area contributed by atoms with Crippen molar-refractivity contribution < 1.29 is 13.6 Å². The number of rotatable bonds is 3. The van der Waals surface area contributed by atoms with E-state index in [4.69, 9.17) is 0 Å². The number of hydrogen-bond donors (Lipinski definition) is 0. The fourth-order valence-electron chi connectivity index (χ4n) is 2.90. The second kappa shape index (κ2) is 5.87. The minimum absolute atomic E-state index is 0.0755. The van der Waals surface area contributed by atoms with E-state index in [2.05, 4.69) is 25.1 Å². The number of hydrogen-bond acceptors (Lipinski definition) is 1. The first-order valence-electron chi connectivity index (χ1n) is 7.32. The predicted octanol–water partition coefficient (Wildman–Crippen LogP) is 3.59. The highest BCUT2D eigenvalue weighted by Gasteiger charge is 2.31. The summed E-state index contributed by atoms with van der Waals surface area (Å²) < 4.78 is 26.3. The molecule has 1 heterocycles. The molecule has 1 fully saturated rings. The molecule has 1 amide bonds. The first kappa shape index (κ1) is 14.7. The van der Waals surface area contributed by atoms with Crippen LogP contribution in [0.3, 0.4) is 0 Å². The molecule has 2 aromatic carbocycles. The van der Waals surface area contributed by atoms with Crippen LogP contribution in [-0.4, -0.2) is 23.9 Å². The van der Waals surface area contributed by atoms with E-state index >= 15 is 0 Å². The van der Waals surface area contributed by atoms with Crippen molar-refractivity contribution >= 4 is 5.91 Å². The van der Waals surface area contributed by atoms with Gasteiger partial charge in [0.05, 0.1) is 0 Å². The molecule has 4 heteroatoms. The molecular weight excluding hydrogens is 284 g/mol. The first-order valence-corrected chi connectivity index (χ1v) is 7.32. The topological polar surface area (TPSA) is 20.3 Å². The summed E-state index contributed by atoms with van der Waals surface area (Å²) in [4.78, 5) is 13.8. The van der Waals surface area contributed by atoms with Crippen LogP contribution in [-0.2, 0) is 6.42 Å². The number of benzene rings is 2. The maximum Gasteiger partial charge on any atom is 0.254 e. The normalized spacial score (nSPS) is 14.8. The molecule has 3 rings (SSSR count). The molecular formula is C18H17F2NO. The summed E-state index contributed by atoms with van der Waals surface area (Å²) in [5, 5.41) is 0. The molecule has 0 N–H and O–H groups in total. The van der Waals surface area contributed by atoms with Crippen LogP contribution < -0.4 is 0 Å². The molecule has 1 aliphatic heterocycles. The Balaban J connectivity index is 1.60. The van der Waals surface area contributed by atoms with Gasteiger partial charge in [-0.2, -0.15) is 0 Å². The Labute approximate surface area is 128 Å². The zero-order valence-corrected chi connectivity index (χ0v) is 12.4. The molecule has 1 aliphatic rings. The van der Waals surface area contributed by atoms with Gasteiger partial charge in [-0.1, -0.05) is 29.8 Å². The van der Waals surface area contributed by atoms with Gasteiger partial charge in [0.25, 0.3) is 5.91 Å². The second-order valence-electron chi connectivity index (χ2n) is 5.93. The Morgan fingerprint density at radius 1 is 1.14 bits per heavy atom. The van der Waals surface area contributed by atoms with Crippen LogP contribution in [0.4, 0.5) is 8.78 Å². The van der Waals surface area contributed by atoms with Gasteiger partial charge in [0.15, 0.2) is 0 Å². The van der Waals surface area contributed by atoms with Crippen molar-refractivity contribution in [3.63, 3.8) is 0 Å². The Hall–Kier alpha value is -2.23. The zero-order chi connectivity index (χ0) is 15.7. The Morgan fingerprint density at radius 3 is 2.45 bits per heavy atom. The minimum atomic E-state index is -0.722. The lowest BCUT2D eigenvalue weighted by molar-refractivity contribution is 0.0500. The van der Waals surface area contributed by atoms with Gasteiger partial charge in [0, 0.05) is 24.7 Å². The maximum atomic E-state index is 13.2. The van der Waals surface area contributed by atoms with Crippen LogP contribution in [0.15, 0.2) is 42.5 Å². The van der Waals surface area contributed by atoms with E-state index in [1.165, 1.54) is 11.1 Å². The molecule has 2 nitrogen and oxygen atoms in total. The van der Waals surface area contributed by atoms with Crippen molar-refractivity contribution in [3.8, 4) is 0 Å². The van der Waals surface area contributed by atoms with Gasteiger partial charge in [-0.3, -0.25) is 4.79 Å². The summed E-state index contributed by atoms with van der Waals surface area (Å²) in [6.07, 6.45) is 0.920. The maximum absolute atomic E-state index is 13.2. The van der Waals surface area contributed by atoms with E-state index in [0.717, 1.165) is 24.6 Å². The van der Waals surface area contributed by atoms with E-state index < -0.39 is 11.6 Å². The summed E-state index contributed by atoms with van der Waals surface area (Å²) in [6, 6.07) is 11.2. The van der Waals surface area contributed by atoms with E-state index in [1.807, 2.05) is 6.07 Å². The molecule has 0 aromatic heterocycles. The van der Waals surface area contributed by atoms with Crippen molar-refractivity contribution in [2.45, 2.75) is 13.3 Å². The van der Waals surface area contributed by atoms with Gasteiger partial charge in [0.2, 0.25) is 0 Å². The van der Waals surface area contributed by atoms with Gasteiger partial charge in [-0.05, 0) is 37.0 Å². The highest BCUT2D eigenvalue weighted by atomic mass is 19.1. The smallest absolute Gasteiger partial charge is 0.254 e. The highest BCUT2D eigenvalue weighted by molar-refractivity contribution is 5.94. The zero-order valence-electron chi connectivity index (χ0n) is 12.4. The van der Waals surface area contributed by atoms with Crippen molar-refractivity contribution in [2.75, 3.05) is 13.1 Å². The molecule has 114 valence electrons. The number of amides is 1. The Morgan fingerprint density at radius 2 is 1.82 bits per heavy atom. The molecule has 0 atom stereocenters. The van der Waals surface area contributed by atoms with Crippen molar-refractivity contribution in [2.24, 2.45) is 5.92 Å². The second-order valence-corrected chi connectivity index (χ2v) is 5.93. The molecule has 1 saturated heterocycles. The number of halogens is 2. The highest BCUT2D eigenvalue weighted by Crippen LogP contribution is 2.23. The summed E-state index contributed by atoms with van der Waals surface area (Å²) in [6.45, 7) is 3.31. The summed E-state index contributed by atoms with van der Waals surface area (Å²) >= 11 is 0. The lowest BCUT2D eigenvalue weighted by atomic mass is 9.91. The van der Waals surface area contributed by atoms with Crippen molar-refractivity contribution in [1.29, 1.82) is 0 Å². The van der Waals surface area contributed by atoms with Crippen LogP contribution in [0, 0.1) is 24.5 Å². The van der Waals surface area contributed by atoms with Gasteiger partial charge in [0.1, 0.15) is 11.6 Å². The Bertz CT molecular complexity index is 688. The van der Waals surface area contributed by atoms with Crippen LogP contribution in [0.5, 0.6) is 0 Å². The molecule has 0 unspecified atom stereocenters. The molecule has 22 heavy (non-hydrogen) atoms. The average molecular weight is 301 g/mol. The molecule has 0 radical (unpaired) electrons. The summed E-state index contributed by atoms with van der Waals surface area (Å²) in [5.41, 5.74) is 2.56. The third kappa shape index (κ3) is 3.16. The summed E-state index contributed by atoms with van der Waals surface area (Å²) in [5.74, 6) is -1.34. The van der Waals surface area contributed by atoms with Crippen LogP contribution in [0.1, 0.15) is 21.5 Å². The third-order valence-corrected chi connectivity index (χ3v) is 3.96. The quantitative estimate of drug-likeness (QED) is 0.848. The van der Waals surface area contributed by atoms with E-state index in [1.54, 1.807) is 4.90 Å². The van der Waals surface area contributed by atoms with E-state index in [9.17, 15) is 13.6 Å². The largest absolute Gasteiger partial charge is 0.338 e. The lowest BCUT2D eigenvalue weighted by Gasteiger charge is -2.39. The first-order chi connectivity index (χ1) is 10.5. The van der Waals surface area contributed by atoms with Crippen LogP contribution in [0.2, 0.25) is 0 Å². The molecule has 0 spiro atoms. The number of likely N-dealkylation sites (tertiary alicyclic amines) is 1. The minimum Gasteiger partial charge on any atom is -0.338 e. The van der Waals surface area contributed by atoms with Gasteiger partial charge in [-0.25, -0.2) is 8.78 Å². The van der Waals surface area contributed by atoms with Gasteiger partial charge in [-0.15, -0.1) is 0 Å². The lowest BCUT2D eigenvalue weighted by Crippen LogP contribution is -2.50. The number of nitrogens with zero attached hydrogens (tertiary/aromatic N) is 1. The predicted molar refractivity (Wildman–Crippen MR) is 80.6 cm³/mol. The van der Waals surface area contributed by atoms with Crippen molar-refractivity contribution in [1.82, 2.24) is 4.90 Å². The van der Waals surface area contributed by atoms with Crippen molar-refractivity contribution in [3.05, 3.63) is 70.8 Å². The fraction of sp³-hybridized carbons (Fsp3) is 0.278. The molecule has 0 aliphatic carbocycles. The van der Waals surface area contributed by atoms with Crippen LogP contribution in [0.25, 0.3) is 0 Å².